The minimum atomic E-state index is -0.214. The van der Waals surface area contributed by atoms with E-state index < -0.39 is 0 Å². The van der Waals surface area contributed by atoms with E-state index in [4.69, 9.17) is 9.47 Å². The first-order valence-corrected chi connectivity index (χ1v) is 10.9. The van der Waals surface area contributed by atoms with Crippen molar-refractivity contribution in [1.29, 1.82) is 0 Å². The van der Waals surface area contributed by atoms with Crippen molar-refractivity contribution in [2.24, 2.45) is 0 Å². The van der Waals surface area contributed by atoms with Crippen LogP contribution in [-0.4, -0.2) is 46.6 Å². The molecule has 0 aliphatic carbocycles. The van der Waals surface area contributed by atoms with E-state index in [1.807, 2.05) is 11.5 Å². The summed E-state index contributed by atoms with van der Waals surface area (Å²) >= 11 is 1.27. The Morgan fingerprint density at radius 2 is 1.66 bits per heavy atom. The van der Waals surface area contributed by atoms with Crippen molar-refractivity contribution in [3.05, 3.63) is 54.4 Å². The molecule has 1 heterocycles. The number of benzene rings is 2. The number of hydrogen-bond donors (Lipinski definition) is 2. The first-order valence-electron chi connectivity index (χ1n) is 9.95. The molecular formula is C22H25N5O4S. The smallest absolute Gasteiger partial charge is 0.234 e. The topological polar surface area (TPSA) is 107 Å². The SMILES string of the molecule is CCn1c(CC(=O)Nc2cccc(OC)c2)nnc1SCC(=O)Nc1ccc(OC)cc1. The first-order chi connectivity index (χ1) is 15.5. The number of carbonyl (C=O) groups excluding carboxylic acids is 2. The fourth-order valence-electron chi connectivity index (χ4n) is 2.93. The number of nitrogens with zero attached hydrogens (tertiary/aromatic N) is 3. The fraction of sp³-hybridized carbons (Fsp3) is 0.273. The molecule has 0 atom stereocenters. The Bertz CT molecular complexity index is 1070. The number of thioether (sulfide) groups is 1. The summed E-state index contributed by atoms with van der Waals surface area (Å²) in [5, 5.41) is 14.5. The Balaban J connectivity index is 1.56. The molecule has 2 amide bonds. The van der Waals surface area contributed by atoms with E-state index in [-0.39, 0.29) is 24.0 Å². The molecule has 0 spiro atoms. The highest BCUT2D eigenvalue weighted by Gasteiger charge is 2.16. The lowest BCUT2D eigenvalue weighted by atomic mass is 10.3. The van der Waals surface area contributed by atoms with E-state index in [1.165, 1.54) is 11.8 Å². The zero-order chi connectivity index (χ0) is 22.9. The highest BCUT2D eigenvalue weighted by Crippen LogP contribution is 2.20. The lowest BCUT2D eigenvalue weighted by molar-refractivity contribution is -0.116. The van der Waals surface area contributed by atoms with Gasteiger partial charge in [-0.25, -0.2) is 0 Å². The average molecular weight is 456 g/mol. The molecule has 0 aliphatic rings. The number of hydrogen-bond acceptors (Lipinski definition) is 7. The van der Waals surface area contributed by atoms with Gasteiger partial charge in [0.2, 0.25) is 11.8 Å². The van der Waals surface area contributed by atoms with Gasteiger partial charge in [-0.1, -0.05) is 17.8 Å². The summed E-state index contributed by atoms with van der Waals surface area (Å²) in [6, 6.07) is 14.2. The van der Waals surface area contributed by atoms with Crippen LogP contribution < -0.4 is 20.1 Å². The predicted molar refractivity (Wildman–Crippen MR) is 123 cm³/mol. The zero-order valence-electron chi connectivity index (χ0n) is 18.1. The number of methoxy groups -OCH3 is 2. The van der Waals surface area contributed by atoms with Crippen molar-refractivity contribution >= 4 is 35.0 Å². The second-order valence-electron chi connectivity index (χ2n) is 6.67. The van der Waals surface area contributed by atoms with Crippen LogP contribution in [0.3, 0.4) is 0 Å². The van der Waals surface area contributed by atoms with Crippen LogP contribution in [0.2, 0.25) is 0 Å². The normalized spacial score (nSPS) is 10.5. The Hall–Kier alpha value is -3.53. The van der Waals surface area contributed by atoms with Gasteiger partial charge in [-0.05, 0) is 43.3 Å². The monoisotopic (exact) mass is 455 g/mol. The summed E-state index contributed by atoms with van der Waals surface area (Å²) in [5.74, 6) is 1.70. The summed E-state index contributed by atoms with van der Waals surface area (Å²) in [6.45, 7) is 2.52. The molecule has 168 valence electrons. The van der Waals surface area contributed by atoms with Crippen molar-refractivity contribution in [3.8, 4) is 11.5 Å². The van der Waals surface area contributed by atoms with Gasteiger partial charge in [-0.15, -0.1) is 10.2 Å². The number of carbonyl (C=O) groups is 2. The van der Waals surface area contributed by atoms with E-state index in [9.17, 15) is 9.59 Å². The van der Waals surface area contributed by atoms with Crippen LogP contribution in [0.25, 0.3) is 0 Å². The standard InChI is InChI=1S/C22H25N5O4S/c1-4-27-19(13-20(28)24-16-6-5-7-18(12-16)31-3)25-26-22(27)32-14-21(29)23-15-8-10-17(30-2)11-9-15/h5-12H,4,13-14H2,1-3H3,(H,23,29)(H,24,28). The van der Waals surface area contributed by atoms with Crippen LogP contribution in [0, 0.1) is 0 Å². The largest absolute Gasteiger partial charge is 0.497 e. The average Bonchev–Trinajstić information content (AvgIpc) is 3.19. The van der Waals surface area contributed by atoms with Crippen LogP contribution in [0.15, 0.2) is 53.7 Å². The van der Waals surface area contributed by atoms with Crippen LogP contribution in [0.5, 0.6) is 11.5 Å². The molecule has 2 aromatic carbocycles. The molecule has 0 saturated heterocycles. The van der Waals surface area contributed by atoms with Crippen molar-refractivity contribution in [2.45, 2.75) is 25.0 Å². The van der Waals surface area contributed by atoms with E-state index in [1.54, 1.807) is 62.8 Å². The highest BCUT2D eigenvalue weighted by molar-refractivity contribution is 7.99. The Morgan fingerprint density at radius 3 is 2.34 bits per heavy atom. The molecule has 0 saturated carbocycles. The van der Waals surface area contributed by atoms with Crippen LogP contribution in [0.1, 0.15) is 12.7 Å². The van der Waals surface area contributed by atoms with E-state index in [0.717, 1.165) is 5.75 Å². The van der Waals surface area contributed by atoms with E-state index >= 15 is 0 Å². The molecule has 0 radical (unpaired) electrons. The Morgan fingerprint density at radius 1 is 0.938 bits per heavy atom. The van der Waals surface area contributed by atoms with Gasteiger partial charge in [0.05, 0.1) is 26.4 Å². The van der Waals surface area contributed by atoms with Crippen molar-refractivity contribution < 1.29 is 19.1 Å². The molecular weight excluding hydrogens is 430 g/mol. The second-order valence-corrected chi connectivity index (χ2v) is 7.61. The number of amides is 2. The maximum atomic E-state index is 12.5. The summed E-state index contributed by atoms with van der Waals surface area (Å²) in [7, 11) is 3.16. The third-order valence-electron chi connectivity index (χ3n) is 4.49. The molecule has 1 aromatic heterocycles. The number of rotatable bonds is 10. The maximum absolute atomic E-state index is 12.5. The minimum absolute atomic E-state index is 0.0661. The van der Waals surface area contributed by atoms with Crippen LogP contribution in [0.4, 0.5) is 11.4 Å². The number of nitrogens with one attached hydrogen (secondary N) is 2. The molecule has 0 fully saturated rings. The minimum Gasteiger partial charge on any atom is -0.497 e. The van der Waals surface area contributed by atoms with Crippen molar-refractivity contribution in [2.75, 3.05) is 30.6 Å². The fourth-order valence-corrected chi connectivity index (χ4v) is 3.75. The Labute approximate surface area is 190 Å². The molecule has 3 rings (SSSR count). The summed E-state index contributed by atoms with van der Waals surface area (Å²) in [4.78, 5) is 24.7. The van der Waals surface area contributed by atoms with Crippen LogP contribution >= 0.6 is 11.8 Å². The zero-order valence-corrected chi connectivity index (χ0v) is 18.9. The van der Waals surface area contributed by atoms with Crippen molar-refractivity contribution in [1.82, 2.24) is 14.8 Å². The summed E-state index contributed by atoms with van der Waals surface area (Å²) in [6.07, 6.45) is 0.0661. The van der Waals surface area contributed by atoms with Gasteiger partial charge in [-0.2, -0.15) is 0 Å². The van der Waals surface area contributed by atoms with Gasteiger partial charge in [0.1, 0.15) is 17.3 Å². The molecule has 32 heavy (non-hydrogen) atoms. The third kappa shape index (κ3) is 6.24. The molecule has 10 heteroatoms. The molecule has 0 unspecified atom stereocenters. The lowest BCUT2D eigenvalue weighted by Gasteiger charge is -2.09. The number of aromatic nitrogens is 3. The van der Waals surface area contributed by atoms with Gasteiger partial charge in [-0.3, -0.25) is 9.59 Å². The van der Waals surface area contributed by atoms with Gasteiger partial charge in [0, 0.05) is 24.0 Å². The van der Waals surface area contributed by atoms with Crippen molar-refractivity contribution in [3.63, 3.8) is 0 Å². The summed E-state index contributed by atoms with van der Waals surface area (Å²) in [5.41, 5.74) is 1.32. The number of ether oxygens (including phenoxy) is 2. The molecule has 9 nitrogen and oxygen atoms in total. The molecule has 2 N–H and O–H groups in total. The van der Waals surface area contributed by atoms with Crippen LogP contribution in [-0.2, 0) is 22.6 Å². The second kappa shape index (κ2) is 11.2. The predicted octanol–water partition coefficient (Wildman–Crippen LogP) is 3.23. The van der Waals surface area contributed by atoms with Gasteiger partial charge in [0.15, 0.2) is 5.16 Å². The number of anilines is 2. The Kier molecular flexibility index (Phi) is 8.09. The molecule has 0 bridgehead atoms. The maximum Gasteiger partial charge on any atom is 0.234 e. The van der Waals surface area contributed by atoms with E-state index in [2.05, 4.69) is 20.8 Å². The van der Waals surface area contributed by atoms with Gasteiger partial charge >= 0.3 is 0 Å². The lowest BCUT2D eigenvalue weighted by Crippen LogP contribution is -2.18. The quantitative estimate of drug-likeness (QED) is 0.452. The highest BCUT2D eigenvalue weighted by atomic mass is 32.2. The third-order valence-corrected chi connectivity index (χ3v) is 5.45. The van der Waals surface area contributed by atoms with Gasteiger partial charge < -0.3 is 24.7 Å². The molecule has 3 aromatic rings. The first kappa shape index (κ1) is 23.1. The molecule has 0 aliphatic heterocycles. The summed E-state index contributed by atoms with van der Waals surface area (Å²) < 4.78 is 12.1. The van der Waals surface area contributed by atoms with E-state index in [0.29, 0.717) is 34.6 Å². The van der Waals surface area contributed by atoms with Gasteiger partial charge in [0.25, 0.3) is 0 Å².